The first-order valence-electron chi connectivity index (χ1n) is 4.56. The Hall–Kier alpha value is -1.84. The molecule has 0 amide bonds. The molecule has 1 aromatic carbocycles. The molecule has 2 rings (SSSR count). The third-order valence-corrected chi connectivity index (χ3v) is 2.37. The summed E-state index contributed by atoms with van der Waals surface area (Å²) >= 11 is 0. The van der Waals surface area contributed by atoms with Crippen molar-refractivity contribution in [3.05, 3.63) is 23.8 Å². The van der Waals surface area contributed by atoms with Crippen LogP contribution in [0, 0.1) is 5.92 Å². The second kappa shape index (κ2) is 3.73. The molecule has 1 aliphatic heterocycles. The van der Waals surface area contributed by atoms with E-state index < -0.39 is 5.92 Å². The summed E-state index contributed by atoms with van der Waals surface area (Å²) in [6, 6.07) is 4.98. The Morgan fingerprint density at radius 1 is 1.53 bits per heavy atom. The topological polar surface area (TPSA) is 52.6 Å². The summed E-state index contributed by atoms with van der Waals surface area (Å²) in [4.78, 5) is 22.4. The first-order chi connectivity index (χ1) is 7.26. The molecule has 1 atom stereocenters. The molecular weight excluding hydrogens is 196 g/mol. The number of fused-ring (bicyclic) bond motifs is 1. The van der Waals surface area contributed by atoms with Crippen molar-refractivity contribution < 1.29 is 19.1 Å². The predicted octanol–water partition coefficient (Wildman–Crippen LogP) is 1.09. The van der Waals surface area contributed by atoms with Gasteiger partial charge in [0.05, 0.1) is 12.7 Å². The van der Waals surface area contributed by atoms with E-state index in [1.54, 1.807) is 18.2 Å². The Balaban J connectivity index is 2.44. The zero-order valence-corrected chi connectivity index (χ0v) is 8.23. The molecule has 0 saturated heterocycles. The number of hydrogen-bond acceptors (Lipinski definition) is 4. The molecule has 0 fully saturated rings. The Bertz CT molecular complexity index is 411. The van der Waals surface area contributed by atoms with E-state index >= 15 is 0 Å². The fourth-order valence-electron chi connectivity index (χ4n) is 1.51. The van der Waals surface area contributed by atoms with Crippen LogP contribution in [0.4, 0.5) is 0 Å². The van der Waals surface area contributed by atoms with Crippen LogP contribution in [0.15, 0.2) is 18.2 Å². The summed E-state index contributed by atoms with van der Waals surface area (Å²) in [5.74, 6) is 0.200. The summed E-state index contributed by atoms with van der Waals surface area (Å²) < 4.78 is 10.3. The molecule has 1 heterocycles. The van der Waals surface area contributed by atoms with E-state index in [1.807, 2.05) is 0 Å². The number of aldehydes is 1. The highest BCUT2D eigenvalue weighted by Crippen LogP contribution is 2.29. The van der Waals surface area contributed by atoms with Crippen molar-refractivity contribution >= 4 is 12.1 Å². The molecule has 1 unspecified atom stereocenters. The van der Waals surface area contributed by atoms with Gasteiger partial charge in [-0.25, -0.2) is 0 Å². The Kier molecular flexibility index (Phi) is 2.41. The summed E-state index contributed by atoms with van der Waals surface area (Å²) in [5, 5.41) is 0. The maximum absolute atomic E-state index is 11.7. The highest BCUT2D eigenvalue weighted by Gasteiger charge is 2.28. The first kappa shape index (κ1) is 9.71. The van der Waals surface area contributed by atoms with Gasteiger partial charge in [-0.1, -0.05) is 0 Å². The molecule has 4 nitrogen and oxygen atoms in total. The smallest absolute Gasteiger partial charge is 0.180 e. The molecule has 0 N–H and O–H groups in total. The minimum atomic E-state index is -0.690. The van der Waals surface area contributed by atoms with Crippen LogP contribution >= 0.6 is 0 Å². The van der Waals surface area contributed by atoms with Gasteiger partial charge in [0.2, 0.25) is 0 Å². The zero-order chi connectivity index (χ0) is 10.8. The second-order valence-corrected chi connectivity index (χ2v) is 3.28. The lowest BCUT2D eigenvalue weighted by molar-refractivity contribution is -0.110. The van der Waals surface area contributed by atoms with Gasteiger partial charge in [0.25, 0.3) is 0 Å². The number of ketones is 1. The van der Waals surface area contributed by atoms with Gasteiger partial charge in [-0.05, 0) is 18.2 Å². The van der Waals surface area contributed by atoms with Crippen LogP contribution in [0.25, 0.3) is 0 Å². The lowest BCUT2D eigenvalue weighted by Crippen LogP contribution is -2.28. The number of ether oxygens (including phenoxy) is 2. The van der Waals surface area contributed by atoms with E-state index in [0.717, 1.165) is 0 Å². The number of carbonyl (C=O) groups excluding carboxylic acids is 2. The number of rotatable bonds is 2. The molecule has 0 aromatic heterocycles. The molecule has 78 valence electrons. The van der Waals surface area contributed by atoms with Crippen molar-refractivity contribution in [3.63, 3.8) is 0 Å². The van der Waals surface area contributed by atoms with Gasteiger partial charge in [0.1, 0.15) is 30.3 Å². The largest absolute Gasteiger partial charge is 0.497 e. The van der Waals surface area contributed by atoms with E-state index in [4.69, 9.17) is 9.47 Å². The third-order valence-electron chi connectivity index (χ3n) is 2.37. The number of benzene rings is 1. The molecule has 1 aliphatic rings. The molecule has 0 radical (unpaired) electrons. The number of hydrogen-bond donors (Lipinski definition) is 0. The number of carbonyl (C=O) groups is 2. The average Bonchev–Trinajstić information content (AvgIpc) is 2.29. The van der Waals surface area contributed by atoms with Crippen molar-refractivity contribution in [1.82, 2.24) is 0 Å². The monoisotopic (exact) mass is 206 g/mol. The van der Waals surface area contributed by atoms with Gasteiger partial charge >= 0.3 is 0 Å². The number of methoxy groups -OCH3 is 1. The molecule has 0 aliphatic carbocycles. The van der Waals surface area contributed by atoms with Crippen molar-refractivity contribution in [1.29, 1.82) is 0 Å². The minimum Gasteiger partial charge on any atom is -0.497 e. The van der Waals surface area contributed by atoms with E-state index in [1.165, 1.54) is 7.11 Å². The van der Waals surface area contributed by atoms with E-state index in [-0.39, 0.29) is 12.4 Å². The molecule has 1 aromatic rings. The summed E-state index contributed by atoms with van der Waals surface area (Å²) in [6.45, 7) is 0.127. The van der Waals surface area contributed by atoms with Gasteiger partial charge in [-0.3, -0.25) is 4.79 Å². The minimum absolute atomic E-state index is 0.127. The second-order valence-electron chi connectivity index (χ2n) is 3.28. The predicted molar refractivity (Wildman–Crippen MR) is 52.4 cm³/mol. The van der Waals surface area contributed by atoms with Gasteiger partial charge in [-0.2, -0.15) is 0 Å². The van der Waals surface area contributed by atoms with Crippen LogP contribution in [0.5, 0.6) is 11.5 Å². The normalized spacial score (nSPS) is 19.0. The van der Waals surface area contributed by atoms with Crippen LogP contribution in [0.1, 0.15) is 10.4 Å². The van der Waals surface area contributed by atoms with Gasteiger partial charge < -0.3 is 14.3 Å². The molecule has 15 heavy (non-hydrogen) atoms. The Morgan fingerprint density at radius 3 is 3.00 bits per heavy atom. The first-order valence-corrected chi connectivity index (χ1v) is 4.56. The van der Waals surface area contributed by atoms with Crippen LogP contribution in [0.2, 0.25) is 0 Å². The molecule has 0 bridgehead atoms. The summed E-state index contributed by atoms with van der Waals surface area (Å²) in [5.41, 5.74) is 0.415. The van der Waals surface area contributed by atoms with E-state index in [9.17, 15) is 9.59 Å². The maximum Gasteiger partial charge on any atom is 0.180 e. The Morgan fingerprint density at radius 2 is 2.33 bits per heavy atom. The van der Waals surface area contributed by atoms with Crippen molar-refractivity contribution in [3.8, 4) is 11.5 Å². The molecule has 0 spiro atoms. The van der Waals surface area contributed by atoms with Crippen molar-refractivity contribution in [2.45, 2.75) is 0 Å². The van der Waals surface area contributed by atoms with Crippen molar-refractivity contribution in [2.75, 3.05) is 13.7 Å². The van der Waals surface area contributed by atoms with E-state index in [2.05, 4.69) is 0 Å². The third kappa shape index (κ3) is 1.58. The SMILES string of the molecule is COc1ccc2c(c1)C(=O)C(C=O)CO2. The average molecular weight is 206 g/mol. The van der Waals surface area contributed by atoms with Gasteiger partial charge in [0, 0.05) is 0 Å². The quantitative estimate of drug-likeness (QED) is 0.536. The van der Waals surface area contributed by atoms with Crippen LogP contribution in [0.3, 0.4) is 0 Å². The van der Waals surface area contributed by atoms with Crippen molar-refractivity contribution in [2.24, 2.45) is 5.92 Å². The molecule has 4 heteroatoms. The Labute approximate surface area is 86.8 Å². The van der Waals surface area contributed by atoms with Gasteiger partial charge in [0.15, 0.2) is 5.78 Å². The standard InChI is InChI=1S/C11H10O4/c1-14-8-2-3-10-9(4-8)11(13)7(5-12)6-15-10/h2-5,7H,6H2,1H3. The van der Waals surface area contributed by atoms with Crippen LogP contribution < -0.4 is 9.47 Å². The maximum atomic E-state index is 11.7. The summed E-state index contributed by atoms with van der Waals surface area (Å²) in [6.07, 6.45) is 0.616. The fourth-order valence-corrected chi connectivity index (χ4v) is 1.51. The van der Waals surface area contributed by atoms with Gasteiger partial charge in [-0.15, -0.1) is 0 Å². The molecule has 0 saturated carbocycles. The van der Waals surface area contributed by atoms with Crippen LogP contribution in [-0.2, 0) is 4.79 Å². The lowest BCUT2D eigenvalue weighted by atomic mass is 9.96. The lowest BCUT2D eigenvalue weighted by Gasteiger charge is -2.20. The van der Waals surface area contributed by atoms with Crippen LogP contribution in [-0.4, -0.2) is 25.8 Å². The summed E-state index contributed by atoms with van der Waals surface area (Å²) in [7, 11) is 1.52. The van der Waals surface area contributed by atoms with E-state index in [0.29, 0.717) is 23.3 Å². The number of Topliss-reactive ketones (excluding diaryl/α,β-unsaturated/α-hetero) is 1. The zero-order valence-electron chi connectivity index (χ0n) is 8.23. The highest BCUT2D eigenvalue weighted by molar-refractivity contribution is 6.08. The fraction of sp³-hybridized carbons (Fsp3) is 0.273. The highest BCUT2D eigenvalue weighted by atomic mass is 16.5. The molecular formula is C11H10O4.